The van der Waals surface area contributed by atoms with Crippen molar-refractivity contribution in [2.75, 3.05) is 9.80 Å². The summed E-state index contributed by atoms with van der Waals surface area (Å²) in [6.07, 6.45) is 5.45. The summed E-state index contributed by atoms with van der Waals surface area (Å²) in [6.45, 7) is 7.52. The van der Waals surface area contributed by atoms with E-state index in [1.165, 1.54) is 104 Å². The minimum atomic E-state index is -1.63. The van der Waals surface area contributed by atoms with Gasteiger partial charge >= 0.3 is 0 Å². The fraction of sp³-hybridized carbons (Fsp3) is 0.192. The summed E-state index contributed by atoms with van der Waals surface area (Å²) in [6, 6.07) is 60.6. The number of benzene rings is 7. The first-order valence-electron chi connectivity index (χ1n) is 20.8. The Morgan fingerprint density at radius 1 is 0.482 bits per heavy atom. The molecular formula is C52H45BN2Si. The number of nitrogens with zero attached hydrogens (tertiary/aromatic N) is 2. The standard InChI is InChI=1S/C52H45BN2Si/c1-56(2,3)38-29-31-45-50(33-38)55(46-20-11-8-16-39(46)34-14-5-4-6-15-34)49-23-13-22-48-51(49)53(45)44-19-10-12-21-47(44)54(48)37-28-30-43-41(32-37)40-17-7-9-18-42(40)52(43)35-24-25-36(52)27-26-35/h4-23,28-33,35-36H,24-27H2,1-3H3. The number of rotatable bonds is 4. The van der Waals surface area contributed by atoms with Gasteiger partial charge in [0, 0.05) is 39.4 Å². The molecule has 2 saturated carbocycles. The zero-order valence-electron chi connectivity index (χ0n) is 32.5. The lowest BCUT2D eigenvalue weighted by Crippen LogP contribution is -2.61. The third-order valence-electron chi connectivity index (χ3n) is 14.4. The van der Waals surface area contributed by atoms with Crippen LogP contribution in [0.3, 0.4) is 0 Å². The third-order valence-corrected chi connectivity index (χ3v) is 16.4. The lowest BCUT2D eigenvalue weighted by Gasteiger charge is -2.44. The first-order chi connectivity index (χ1) is 27.4. The highest BCUT2D eigenvalue weighted by atomic mass is 28.3. The van der Waals surface area contributed by atoms with Crippen LogP contribution in [0.4, 0.5) is 34.1 Å². The molecule has 2 bridgehead atoms. The van der Waals surface area contributed by atoms with Crippen molar-refractivity contribution in [2.45, 2.75) is 50.7 Å². The van der Waals surface area contributed by atoms with E-state index in [4.69, 9.17) is 0 Å². The van der Waals surface area contributed by atoms with Crippen molar-refractivity contribution in [3.63, 3.8) is 0 Å². The van der Waals surface area contributed by atoms with Gasteiger partial charge in [0.2, 0.25) is 0 Å². The molecule has 2 aliphatic heterocycles. The van der Waals surface area contributed by atoms with Crippen LogP contribution in [0.25, 0.3) is 22.3 Å². The zero-order valence-corrected chi connectivity index (χ0v) is 33.5. The maximum atomic E-state index is 2.60. The molecule has 0 saturated heterocycles. The summed E-state index contributed by atoms with van der Waals surface area (Å²) in [5.74, 6) is 1.51. The summed E-state index contributed by atoms with van der Waals surface area (Å²) in [5, 5.41) is 1.48. The molecule has 0 atom stereocenters. The Labute approximate surface area is 332 Å². The zero-order chi connectivity index (χ0) is 37.3. The smallest absolute Gasteiger partial charge is 0.252 e. The number of fused-ring (bicyclic) bond motifs is 7. The quantitative estimate of drug-likeness (QED) is 0.166. The predicted molar refractivity (Wildman–Crippen MR) is 241 cm³/mol. The van der Waals surface area contributed by atoms with E-state index in [0.29, 0.717) is 0 Å². The molecule has 0 N–H and O–H groups in total. The molecule has 0 aromatic heterocycles. The van der Waals surface area contributed by atoms with Gasteiger partial charge in [-0.2, -0.15) is 0 Å². The minimum Gasteiger partial charge on any atom is -0.311 e. The van der Waals surface area contributed by atoms with Gasteiger partial charge in [0.1, 0.15) is 0 Å². The Balaban J connectivity index is 1.11. The molecule has 2 nitrogen and oxygen atoms in total. The van der Waals surface area contributed by atoms with E-state index < -0.39 is 8.07 Å². The van der Waals surface area contributed by atoms with Crippen LogP contribution >= 0.6 is 0 Å². The largest absolute Gasteiger partial charge is 0.311 e. The SMILES string of the molecule is C[Si](C)(C)c1ccc2c(c1)N(c1ccccc1-c1ccccc1)c1cccc3c1B2c1ccccc1N3c1ccc2c(c1)-c1ccccc1C21C2CCC1CC2. The fourth-order valence-electron chi connectivity index (χ4n) is 12.1. The molecular weight excluding hydrogens is 691 g/mol. The third kappa shape index (κ3) is 4.28. The number of anilines is 6. The second-order valence-corrected chi connectivity index (χ2v) is 23.0. The van der Waals surface area contributed by atoms with E-state index in [-0.39, 0.29) is 12.1 Å². The summed E-state index contributed by atoms with van der Waals surface area (Å²) < 4.78 is 0. The van der Waals surface area contributed by atoms with Crippen molar-refractivity contribution < 1.29 is 0 Å². The Morgan fingerprint density at radius 2 is 1.09 bits per heavy atom. The summed E-state index contributed by atoms with van der Waals surface area (Å²) in [4.78, 5) is 5.19. The van der Waals surface area contributed by atoms with E-state index in [1.807, 2.05) is 0 Å². The van der Waals surface area contributed by atoms with E-state index in [2.05, 4.69) is 187 Å². The number of para-hydroxylation sites is 2. The van der Waals surface area contributed by atoms with Crippen molar-refractivity contribution in [3.05, 3.63) is 169 Å². The predicted octanol–water partition coefficient (Wildman–Crippen LogP) is 11.1. The molecule has 0 amide bonds. The maximum absolute atomic E-state index is 2.60. The van der Waals surface area contributed by atoms with Crippen LogP contribution in [0.15, 0.2) is 158 Å². The first-order valence-corrected chi connectivity index (χ1v) is 24.3. The van der Waals surface area contributed by atoms with Gasteiger partial charge in [-0.15, -0.1) is 0 Å². The maximum Gasteiger partial charge on any atom is 0.252 e. The van der Waals surface area contributed by atoms with Gasteiger partial charge < -0.3 is 9.80 Å². The van der Waals surface area contributed by atoms with Crippen LogP contribution in [0.5, 0.6) is 0 Å². The van der Waals surface area contributed by atoms with Gasteiger partial charge in [-0.3, -0.25) is 0 Å². The Kier molecular flexibility index (Phi) is 6.83. The van der Waals surface area contributed by atoms with E-state index in [9.17, 15) is 0 Å². The van der Waals surface area contributed by atoms with E-state index in [0.717, 1.165) is 11.8 Å². The molecule has 0 radical (unpaired) electrons. The molecule has 2 fully saturated rings. The van der Waals surface area contributed by atoms with Crippen molar-refractivity contribution in [2.24, 2.45) is 11.8 Å². The van der Waals surface area contributed by atoms with Gasteiger partial charge in [-0.05, 0) is 124 Å². The van der Waals surface area contributed by atoms with Gasteiger partial charge in [0.15, 0.2) is 0 Å². The molecule has 7 aromatic rings. The molecule has 2 heterocycles. The molecule has 56 heavy (non-hydrogen) atoms. The highest BCUT2D eigenvalue weighted by Gasteiger charge is 2.60. The molecule has 1 spiro atoms. The molecule has 3 aliphatic carbocycles. The van der Waals surface area contributed by atoms with Crippen molar-refractivity contribution in [1.82, 2.24) is 0 Å². The monoisotopic (exact) mass is 736 g/mol. The van der Waals surface area contributed by atoms with Gasteiger partial charge in [0.25, 0.3) is 6.71 Å². The second kappa shape index (κ2) is 11.7. The topological polar surface area (TPSA) is 6.48 Å². The minimum absolute atomic E-state index is 0.118. The normalized spacial score (nSPS) is 20.8. The Hall–Kier alpha value is -5.58. The fourth-order valence-corrected chi connectivity index (χ4v) is 13.3. The van der Waals surface area contributed by atoms with Gasteiger partial charge in [-0.1, -0.05) is 140 Å². The highest BCUT2D eigenvalue weighted by Crippen LogP contribution is 2.68. The van der Waals surface area contributed by atoms with Gasteiger partial charge in [0.05, 0.1) is 13.8 Å². The number of hydrogen-bond acceptors (Lipinski definition) is 2. The Bertz CT molecular complexity index is 2730. The van der Waals surface area contributed by atoms with Crippen LogP contribution in [-0.4, -0.2) is 14.8 Å². The molecule has 270 valence electrons. The molecule has 7 aromatic carbocycles. The molecule has 12 rings (SSSR count). The average molecular weight is 737 g/mol. The van der Waals surface area contributed by atoms with E-state index in [1.54, 1.807) is 11.1 Å². The van der Waals surface area contributed by atoms with Gasteiger partial charge in [-0.25, -0.2) is 0 Å². The number of hydrogen-bond donors (Lipinski definition) is 0. The summed E-state index contributed by atoms with van der Waals surface area (Å²) >= 11 is 0. The van der Waals surface area contributed by atoms with Crippen LogP contribution in [-0.2, 0) is 5.41 Å². The van der Waals surface area contributed by atoms with Crippen molar-refractivity contribution in [1.29, 1.82) is 0 Å². The van der Waals surface area contributed by atoms with Crippen molar-refractivity contribution in [3.8, 4) is 22.3 Å². The van der Waals surface area contributed by atoms with Crippen molar-refractivity contribution >= 4 is 70.5 Å². The van der Waals surface area contributed by atoms with Crippen LogP contribution in [0.2, 0.25) is 19.6 Å². The first kappa shape index (κ1) is 32.6. The summed E-state index contributed by atoms with van der Waals surface area (Å²) in [5.41, 5.74) is 20.5. The lowest BCUT2D eigenvalue weighted by atomic mass is 9.33. The summed E-state index contributed by atoms with van der Waals surface area (Å²) in [7, 11) is -1.63. The van der Waals surface area contributed by atoms with Crippen LogP contribution < -0.4 is 31.4 Å². The molecule has 4 heteroatoms. The van der Waals surface area contributed by atoms with Crippen LogP contribution in [0, 0.1) is 11.8 Å². The second-order valence-electron chi connectivity index (χ2n) is 18.0. The Morgan fingerprint density at radius 3 is 1.86 bits per heavy atom. The molecule has 5 aliphatic rings. The highest BCUT2D eigenvalue weighted by molar-refractivity contribution is 7.00. The van der Waals surface area contributed by atoms with E-state index >= 15 is 0 Å². The molecule has 0 unspecified atom stereocenters. The van der Waals surface area contributed by atoms with Crippen LogP contribution in [0.1, 0.15) is 36.8 Å². The average Bonchev–Trinajstić information content (AvgIpc) is 3.89. The lowest BCUT2D eigenvalue weighted by molar-refractivity contribution is 0.400.